The van der Waals surface area contributed by atoms with Gasteiger partial charge in [0.1, 0.15) is 0 Å². The van der Waals surface area contributed by atoms with E-state index in [1.165, 1.54) is 0 Å². The summed E-state index contributed by atoms with van der Waals surface area (Å²) >= 11 is 9.29. The highest BCUT2D eigenvalue weighted by Crippen LogP contribution is 1.98. The molecule has 6 heavy (non-hydrogen) atoms. The summed E-state index contributed by atoms with van der Waals surface area (Å²) in [5, 5.41) is 0.211. The molecule has 0 N–H and O–H groups in total. The van der Waals surface area contributed by atoms with Crippen LogP contribution in [0.15, 0.2) is 0 Å². The van der Waals surface area contributed by atoms with E-state index in [4.69, 9.17) is 11.6 Å². The van der Waals surface area contributed by atoms with Gasteiger partial charge in [0, 0.05) is 11.1 Å². The minimum atomic E-state index is 0.211. The summed E-state index contributed by atoms with van der Waals surface area (Å²) in [5.74, 6) is 0.664. The van der Waals surface area contributed by atoms with Gasteiger partial charge in [-0.3, -0.25) is 0 Å². The van der Waals surface area contributed by atoms with Crippen molar-refractivity contribution in [1.29, 1.82) is 0 Å². The van der Waals surface area contributed by atoms with Crippen molar-refractivity contribution in [1.82, 2.24) is 0 Å². The van der Waals surface area contributed by atoms with E-state index in [0.717, 1.165) is 6.42 Å². The fourth-order valence-corrected chi connectivity index (χ4v) is 0.671. The minimum Gasteiger partial charge on any atom is -0.176 e. The van der Waals surface area contributed by atoms with Gasteiger partial charge in [0.25, 0.3) is 0 Å². The van der Waals surface area contributed by atoms with Crippen LogP contribution in [-0.2, 0) is 0 Å². The van der Waals surface area contributed by atoms with Crippen LogP contribution in [0.4, 0.5) is 0 Å². The van der Waals surface area contributed by atoms with Crippen molar-refractivity contribution in [3.05, 3.63) is 6.92 Å². The standard InChI is InChI=1S/C4H8ClS/c1-4(6)2-3-5/h4,6H,1-3H2. The van der Waals surface area contributed by atoms with Crippen LogP contribution in [0.5, 0.6) is 0 Å². The van der Waals surface area contributed by atoms with E-state index in [2.05, 4.69) is 19.6 Å². The van der Waals surface area contributed by atoms with E-state index in [9.17, 15) is 0 Å². The first-order chi connectivity index (χ1) is 2.77. The van der Waals surface area contributed by atoms with E-state index in [0.29, 0.717) is 5.88 Å². The first-order valence-electron chi connectivity index (χ1n) is 1.84. The molecule has 1 unspecified atom stereocenters. The van der Waals surface area contributed by atoms with Crippen molar-refractivity contribution < 1.29 is 0 Å². The van der Waals surface area contributed by atoms with Crippen LogP contribution in [0.3, 0.4) is 0 Å². The normalized spacial score (nSPS) is 14.5. The molecule has 37 valence electrons. The van der Waals surface area contributed by atoms with Gasteiger partial charge < -0.3 is 0 Å². The van der Waals surface area contributed by atoms with Gasteiger partial charge in [0.15, 0.2) is 0 Å². The number of thiol groups is 1. The fraction of sp³-hybridized carbons (Fsp3) is 0.750. The Morgan fingerprint density at radius 1 is 1.83 bits per heavy atom. The second kappa shape index (κ2) is 3.82. The molecule has 0 fully saturated rings. The van der Waals surface area contributed by atoms with Crippen LogP contribution in [0.2, 0.25) is 0 Å². The zero-order chi connectivity index (χ0) is 4.99. The summed E-state index contributed by atoms with van der Waals surface area (Å²) in [4.78, 5) is 0. The summed E-state index contributed by atoms with van der Waals surface area (Å²) in [6.45, 7) is 3.61. The number of halogens is 1. The van der Waals surface area contributed by atoms with Crippen molar-refractivity contribution in [2.24, 2.45) is 0 Å². The highest BCUT2D eigenvalue weighted by atomic mass is 35.5. The molecule has 1 radical (unpaired) electrons. The molecule has 0 bridgehead atoms. The largest absolute Gasteiger partial charge is 0.176 e. The first kappa shape index (κ1) is 6.64. The maximum Gasteiger partial charge on any atom is 0.0233 e. The summed E-state index contributed by atoms with van der Waals surface area (Å²) in [5.41, 5.74) is 0. The lowest BCUT2D eigenvalue weighted by atomic mass is 10.4. The second-order valence-electron chi connectivity index (χ2n) is 1.13. The Kier molecular flexibility index (Phi) is 4.22. The minimum absolute atomic E-state index is 0.211. The zero-order valence-corrected chi connectivity index (χ0v) is 5.17. The van der Waals surface area contributed by atoms with Gasteiger partial charge >= 0.3 is 0 Å². The Hall–Kier alpha value is 0.640. The number of alkyl halides is 1. The molecule has 0 aromatic carbocycles. The van der Waals surface area contributed by atoms with Gasteiger partial charge in [0.05, 0.1) is 0 Å². The molecule has 0 aliphatic carbocycles. The maximum atomic E-state index is 5.31. The second-order valence-corrected chi connectivity index (χ2v) is 2.24. The van der Waals surface area contributed by atoms with Gasteiger partial charge in [-0.15, -0.1) is 11.6 Å². The molecule has 0 aromatic heterocycles. The quantitative estimate of drug-likeness (QED) is 0.420. The highest BCUT2D eigenvalue weighted by Gasteiger charge is 1.88. The predicted octanol–water partition coefficient (Wildman–Crippen LogP) is 1.75. The molecule has 0 aromatic rings. The maximum absolute atomic E-state index is 5.31. The van der Waals surface area contributed by atoms with E-state index in [1.807, 2.05) is 0 Å². The topological polar surface area (TPSA) is 0 Å². The average Bonchev–Trinajstić information content (AvgIpc) is 1.35. The summed E-state index contributed by atoms with van der Waals surface area (Å²) < 4.78 is 0. The Balaban J connectivity index is 2.63. The molecule has 0 aliphatic rings. The number of rotatable bonds is 2. The molecule has 2 heteroatoms. The molecule has 0 saturated heterocycles. The predicted molar refractivity (Wildman–Crippen MR) is 33.5 cm³/mol. The Morgan fingerprint density at radius 3 is 2.33 bits per heavy atom. The highest BCUT2D eigenvalue weighted by molar-refractivity contribution is 7.81. The first-order valence-corrected chi connectivity index (χ1v) is 2.89. The van der Waals surface area contributed by atoms with Crippen LogP contribution in [0.25, 0.3) is 0 Å². The van der Waals surface area contributed by atoms with Crippen molar-refractivity contribution >= 4 is 24.2 Å². The van der Waals surface area contributed by atoms with Crippen LogP contribution >= 0.6 is 24.2 Å². The zero-order valence-electron chi connectivity index (χ0n) is 3.52. The van der Waals surface area contributed by atoms with Crippen LogP contribution in [-0.4, -0.2) is 11.1 Å². The summed E-state index contributed by atoms with van der Waals surface area (Å²) in [7, 11) is 0. The third-order valence-corrected chi connectivity index (χ3v) is 0.919. The van der Waals surface area contributed by atoms with Gasteiger partial charge in [-0.1, -0.05) is 0 Å². The monoisotopic (exact) mass is 123 g/mol. The van der Waals surface area contributed by atoms with Crippen LogP contribution in [0, 0.1) is 6.92 Å². The molecule has 1 atom stereocenters. The molecular weight excluding hydrogens is 116 g/mol. The fourth-order valence-electron chi connectivity index (χ4n) is 0.126. The van der Waals surface area contributed by atoms with Gasteiger partial charge in [0.2, 0.25) is 0 Å². The van der Waals surface area contributed by atoms with E-state index in [1.54, 1.807) is 0 Å². The smallest absolute Gasteiger partial charge is 0.0233 e. The number of hydrogen-bond donors (Lipinski definition) is 1. The SMILES string of the molecule is [CH2]C(S)CCCl. The Bertz CT molecular complexity index is 28.7. The molecular formula is C4H8ClS. The van der Waals surface area contributed by atoms with Gasteiger partial charge in [-0.25, -0.2) is 0 Å². The van der Waals surface area contributed by atoms with Crippen molar-refractivity contribution in [3.8, 4) is 0 Å². The third-order valence-electron chi connectivity index (χ3n) is 0.442. The molecule has 0 nitrogen and oxygen atoms in total. The molecule has 0 saturated carbocycles. The number of hydrogen-bond acceptors (Lipinski definition) is 1. The van der Waals surface area contributed by atoms with E-state index >= 15 is 0 Å². The lowest BCUT2D eigenvalue weighted by molar-refractivity contribution is 0.990. The summed E-state index contributed by atoms with van der Waals surface area (Å²) in [6.07, 6.45) is 0.894. The van der Waals surface area contributed by atoms with Crippen molar-refractivity contribution in [2.75, 3.05) is 5.88 Å². The molecule has 0 rings (SSSR count). The van der Waals surface area contributed by atoms with Gasteiger partial charge in [-0.2, -0.15) is 12.6 Å². The van der Waals surface area contributed by atoms with Crippen molar-refractivity contribution in [3.63, 3.8) is 0 Å². The summed E-state index contributed by atoms with van der Waals surface area (Å²) in [6, 6.07) is 0. The van der Waals surface area contributed by atoms with E-state index < -0.39 is 0 Å². The molecule has 0 amide bonds. The van der Waals surface area contributed by atoms with Gasteiger partial charge in [-0.05, 0) is 13.3 Å². The van der Waals surface area contributed by atoms with Crippen LogP contribution < -0.4 is 0 Å². The van der Waals surface area contributed by atoms with Crippen molar-refractivity contribution in [2.45, 2.75) is 11.7 Å². The molecule has 0 heterocycles. The van der Waals surface area contributed by atoms with Crippen LogP contribution in [0.1, 0.15) is 6.42 Å². The average molecular weight is 124 g/mol. The third kappa shape index (κ3) is 4.64. The molecule has 0 aliphatic heterocycles. The van der Waals surface area contributed by atoms with E-state index in [-0.39, 0.29) is 5.25 Å². The Morgan fingerprint density at radius 2 is 2.33 bits per heavy atom. The lowest BCUT2D eigenvalue weighted by Crippen LogP contribution is -1.89. The molecule has 0 spiro atoms. The Labute approximate surface area is 49.3 Å². The lowest BCUT2D eigenvalue weighted by Gasteiger charge is -1.93.